The predicted molar refractivity (Wildman–Crippen MR) is 110 cm³/mol. The maximum Gasteiger partial charge on any atom is 0.341 e. The topological polar surface area (TPSA) is 79.9 Å². The maximum atomic E-state index is 12.8. The molecule has 2 aliphatic heterocycles. The highest BCUT2D eigenvalue weighted by Gasteiger charge is 2.42. The van der Waals surface area contributed by atoms with Crippen LogP contribution >= 0.6 is 11.3 Å². The fraction of sp³-hybridized carbons (Fsp3) is 0.700. The molecule has 0 bridgehead atoms. The van der Waals surface area contributed by atoms with E-state index in [0.29, 0.717) is 43.4 Å². The van der Waals surface area contributed by atoms with Crippen molar-refractivity contribution >= 4 is 28.2 Å². The molecule has 1 saturated heterocycles. The summed E-state index contributed by atoms with van der Waals surface area (Å²) in [6, 6.07) is 0. The summed E-state index contributed by atoms with van der Waals surface area (Å²) < 4.78 is 10.7. The van der Waals surface area contributed by atoms with Crippen LogP contribution < -0.4 is 10.6 Å². The van der Waals surface area contributed by atoms with Crippen LogP contribution in [-0.4, -0.2) is 61.8 Å². The number of carbonyl (C=O) groups is 2. The van der Waals surface area contributed by atoms with Gasteiger partial charge in [-0.05, 0) is 46.6 Å². The summed E-state index contributed by atoms with van der Waals surface area (Å²) in [5, 5.41) is 7.22. The van der Waals surface area contributed by atoms with Crippen molar-refractivity contribution in [1.82, 2.24) is 10.2 Å². The molecule has 156 valence electrons. The van der Waals surface area contributed by atoms with Gasteiger partial charge in [-0.25, -0.2) is 4.79 Å². The zero-order valence-electron chi connectivity index (χ0n) is 17.4. The number of fused-ring (bicyclic) bond motifs is 1. The predicted octanol–water partition coefficient (Wildman–Crippen LogP) is 2.35. The lowest BCUT2D eigenvalue weighted by molar-refractivity contribution is -0.118. The molecule has 28 heavy (non-hydrogen) atoms. The van der Waals surface area contributed by atoms with E-state index < -0.39 is 0 Å². The van der Waals surface area contributed by atoms with Crippen molar-refractivity contribution in [3.05, 3.63) is 16.0 Å². The van der Waals surface area contributed by atoms with E-state index in [1.54, 1.807) is 6.92 Å². The number of anilines is 1. The summed E-state index contributed by atoms with van der Waals surface area (Å²) in [5.74, 6) is -0.480. The Kier molecular flexibility index (Phi) is 6.14. The number of morpholine rings is 1. The third-order valence-corrected chi connectivity index (χ3v) is 6.52. The van der Waals surface area contributed by atoms with Gasteiger partial charge < -0.3 is 20.1 Å². The lowest BCUT2D eigenvalue weighted by Crippen LogP contribution is -2.55. The van der Waals surface area contributed by atoms with Crippen molar-refractivity contribution in [2.75, 3.05) is 44.8 Å². The minimum Gasteiger partial charge on any atom is -0.462 e. The number of nitrogens with zero attached hydrogens (tertiary/aromatic N) is 1. The Bertz CT molecular complexity index is 751. The van der Waals surface area contributed by atoms with E-state index in [2.05, 4.69) is 43.2 Å². The molecule has 0 unspecified atom stereocenters. The molecular weight excluding hydrogens is 378 g/mol. The molecule has 1 aromatic rings. The smallest absolute Gasteiger partial charge is 0.341 e. The van der Waals surface area contributed by atoms with E-state index in [0.717, 1.165) is 23.5 Å². The van der Waals surface area contributed by atoms with Crippen molar-refractivity contribution in [1.29, 1.82) is 0 Å². The number of rotatable bonds is 5. The van der Waals surface area contributed by atoms with Gasteiger partial charge in [0.15, 0.2) is 0 Å². The van der Waals surface area contributed by atoms with Gasteiger partial charge in [0, 0.05) is 29.0 Å². The Morgan fingerprint density at radius 2 is 1.93 bits per heavy atom. The molecule has 1 fully saturated rings. The van der Waals surface area contributed by atoms with Crippen molar-refractivity contribution in [3.8, 4) is 0 Å². The van der Waals surface area contributed by atoms with E-state index in [9.17, 15) is 9.59 Å². The van der Waals surface area contributed by atoms with Crippen molar-refractivity contribution < 1.29 is 19.1 Å². The normalized spacial score (nSPS) is 21.0. The molecule has 1 aromatic heterocycles. The molecule has 0 spiro atoms. The molecule has 0 radical (unpaired) electrons. The van der Waals surface area contributed by atoms with Gasteiger partial charge in [0.05, 0.1) is 31.9 Å². The molecule has 7 nitrogen and oxygen atoms in total. The Hall–Kier alpha value is -1.48. The second-order valence-electron chi connectivity index (χ2n) is 8.58. The first-order valence-electron chi connectivity index (χ1n) is 9.85. The fourth-order valence-corrected chi connectivity index (χ4v) is 5.44. The molecule has 3 rings (SSSR count). The second kappa shape index (κ2) is 8.10. The van der Waals surface area contributed by atoms with E-state index in [-0.39, 0.29) is 23.0 Å². The van der Waals surface area contributed by atoms with Crippen LogP contribution in [0.3, 0.4) is 0 Å². The number of hydrogen-bond acceptors (Lipinski definition) is 7. The summed E-state index contributed by atoms with van der Waals surface area (Å²) in [6.45, 7) is 13.6. The molecule has 0 atom stereocenters. The average molecular weight is 410 g/mol. The SMILES string of the molecule is CCOC(=O)c1c(NC(=O)CN2CCOCC2)sc2c1CC(C)(C)NC2(C)C. The van der Waals surface area contributed by atoms with Gasteiger partial charge in [0.2, 0.25) is 5.91 Å². The summed E-state index contributed by atoms with van der Waals surface area (Å²) in [6.07, 6.45) is 0.704. The standard InChI is InChI=1S/C20H31N3O4S/c1-6-27-18(25)15-13-11-19(2,3)22-20(4,5)16(13)28-17(15)21-14(24)12-23-7-9-26-10-8-23/h22H,6-12H2,1-5H3,(H,21,24). The Morgan fingerprint density at radius 1 is 1.25 bits per heavy atom. The molecular formula is C20H31N3O4S. The molecule has 1 amide bonds. The van der Waals surface area contributed by atoms with Gasteiger partial charge in [-0.3, -0.25) is 9.69 Å². The number of thiophene rings is 1. The number of nitrogens with one attached hydrogen (secondary N) is 2. The van der Waals surface area contributed by atoms with Crippen LogP contribution in [0.2, 0.25) is 0 Å². The average Bonchev–Trinajstić information content (AvgIpc) is 2.92. The highest BCUT2D eigenvalue weighted by Crippen LogP contribution is 2.45. The third kappa shape index (κ3) is 4.56. The maximum absolute atomic E-state index is 12.8. The van der Waals surface area contributed by atoms with Crippen molar-refractivity contribution in [2.45, 2.75) is 52.1 Å². The first-order valence-corrected chi connectivity index (χ1v) is 10.7. The van der Waals surface area contributed by atoms with Gasteiger partial charge in [-0.2, -0.15) is 0 Å². The number of carbonyl (C=O) groups excluding carboxylic acids is 2. The van der Waals surface area contributed by atoms with E-state index in [4.69, 9.17) is 9.47 Å². The number of ether oxygens (including phenoxy) is 2. The van der Waals surface area contributed by atoms with Gasteiger partial charge in [-0.15, -0.1) is 11.3 Å². The van der Waals surface area contributed by atoms with Crippen LogP contribution in [0.25, 0.3) is 0 Å². The zero-order chi connectivity index (χ0) is 20.5. The summed E-state index contributed by atoms with van der Waals surface area (Å²) >= 11 is 1.48. The lowest BCUT2D eigenvalue weighted by Gasteiger charge is -2.42. The first-order chi connectivity index (χ1) is 13.1. The Labute approximate surface area is 170 Å². The summed E-state index contributed by atoms with van der Waals surface area (Å²) in [5.41, 5.74) is 1.04. The highest BCUT2D eigenvalue weighted by atomic mass is 32.1. The van der Waals surface area contributed by atoms with E-state index >= 15 is 0 Å². The monoisotopic (exact) mass is 409 g/mol. The van der Waals surface area contributed by atoms with Crippen LogP contribution in [0.4, 0.5) is 5.00 Å². The molecule has 0 saturated carbocycles. The van der Waals surface area contributed by atoms with Crippen LogP contribution in [0.1, 0.15) is 55.4 Å². The van der Waals surface area contributed by atoms with Gasteiger partial charge in [0.25, 0.3) is 0 Å². The van der Waals surface area contributed by atoms with Crippen LogP contribution in [0.15, 0.2) is 0 Å². The number of esters is 1. The summed E-state index contributed by atoms with van der Waals surface area (Å²) in [4.78, 5) is 28.6. The number of amides is 1. The minimum atomic E-state index is -0.366. The quantitative estimate of drug-likeness (QED) is 0.727. The second-order valence-corrected chi connectivity index (χ2v) is 9.60. The van der Waals surface area contributed by atoms with Crippen LogP contribution in [0.5, 0.6) is 0 Å². The van der Waals surface area contributed by atoms with E-state index in [1.807, 2.05) is 0 Å². The van der Waals surface area contributed by atoms with Crippen LogP contribution in [0, 0.1) is 0 Å². The first kappa shape index (κ1) is 21.2. The molecule has 0 aromatic carbocycles. The van der Waals surface area contributed by atoms with Gasteiger partial charge >= 0.3 is 5.97 Å². The van der Waals surface area contributed by atoms with Crippen molar-refractivity contribution in [3.63, 3.8) is 0 Å². The Balaban J connectivity index is 1.91. The molecule has 8 heteroatoms. The largest absolute Gasteiger partial charge is 0.462 e. The zero-order valence-corrected chi connectivity index (χ0v) is 18.3. The van der Waals surface area contributed by atoms with Crippen LogP contribution in [-0.2, 0) is 26.2 Å². The summed E-state index contributed by atoms with van der Waals surface area (Å²) in [7, 11) is 0. The molecule has 0 aliphatic carbocycles. The number of hydrogen-bond donors (Lipinski definition) is 2. The Morgan fingerprint density at radius 3 is 2.57 bits per heavy atom. The third-order valence-electron chi connectivity index (χ3n) is 5.05. The molecule has 2 aliphatic rings. The molecule has 3 heterocycles. The fourth-order valence-electron chi connectivity index (χ4n) is 4.16. The van der Waals surface area contributed by atoms with E-state index in [1.165, 1.54) is 11.3 Å². The van der Waals surface area contributed by atoms with Gasteiger partial charge in [-0.1, -0.05) is 0 Å². The van der Waals surface area contributed by atoms with Crippen molar-refractivity contribution in [2.24, 2.45) is 0 Å². The highest BCUT2D eigenvalue weighted by molar-refractivity contribution is 7.17. The minimum absolute atomic E-state index is 0.115. The lowest BCUT2D eigenvalue weighted by atomic mass is 9.81. The molecule has 2 N–H and O–H groups in total. The van der Waals surface area contributed by atoms with Gasteiger partial charge in [0.1, 0.15) is 5.00 Å².